The summed E-state index contributed by atoms with van der Waals surface area (Å²) in [5, 5.41) is 0.993. The molecular formula is C14H22N2OS. The molecule has 3 nitrogen and oxygen atoms in total. The summed E-state index contributed by atoms with van der Waals surface area (Å²) < 4.78 is 0. The van der Waals surface area contributed by atoms with Gasteiger partial charge in [0.05, 0.1) is 10.6 Å². The number of aromatic nitrogens is 1. The predicted molar refractivity (Wildman–Crippen MR) is 76.8 cm³/mol. The van der Waals surface area contributed by atoms with Crippen molar-refractivity contribution in [1.82, 2.24) is 4.98 Å². The smallest absolute Gasteiger partial charge is 0.185 e. The quantitative estimate of drug-likeness (QED) is 0.762. The van der Waals surface area contributed by atoms with Crippen LogP contribution >= 0.6 is 11.3 Å². The summed E-state index contributed by atoms with van der Waals surface area (Å²) in [4.78, 5) is 18.7. The fraction of sp³-hybridized carbons (Fsp3) is 0.714. The lowest BCUT2D eigenvalue weighted by atomic mass is 10.1. The van der Waals surface area contributed by atoms with Gasteiger partial charge in [0.15, 0.2) is 11.4 Å². The molecular weight excluding hydrogens is 244 g/mol. The largest absolute Gasteiger partial charge is 0.351 e. The van der Waals surface area contributed by atoms with E-state index < -0.39 is 0 Å². The number of rotatable bonds is 5. The summed E-state index contributed by atoms with van der Waals surface area (Å²) in [6.45, 7) is 5.24. The molecule has 0 saturated heterocycles. The van der Waals surface area contributed by atoms with Gasteiger partial charge in [-0.15, -0.1) is 0 Å². The van der Waals surface area contributed by atoms with Crippen molar-refractivity contribution in [3.63, 3.8) is 0 Å². The highest BCUT2D eigenvalue weighted by molar-refractivity contribution is 7.17. The molecule has 0 N–H and O–H groups in total. The molecule has 1 aromatic rings. The van der Waals surface area contributed by atoms with E-state index >= 15 is 0 Å². The minimum Gasteiger partial charge on any atom is -0.351 e. The van der Waals surface area contributed by atoms with Crippen LogP contribution in [0.3, 0.4) is 0 Å². The number of carbonyl (C=O) groups excluding carboxylic acids is 1. The van der Waals surface area contributed by atoms with Crippen molar-refractivity contribution >= 4 is 22.8 Å². The zero-order chi connectivity index (χ0) is 13.1. The minimum absolute atomic E-state index is 0.315. The second-order valence-electron chi connectivity index (χ2n) is 5.55. The molecule has 18 heavy (non-hydrogen) atoms. The predicted octanol–water partition coefficient (Wildman–Crippen LogP) is 3.71. The van der Waals surface area contributed by atoms with E-state index in [-0.39, 0.29) is 0 Å². The molecule has 1 saturated carbocycles. The van der Waals surface area contributed by atoms with Crippen LogP contribution in [-0.2, 0) is 0 Å². The minimum atomic E-state index is 0.315. The molecule has 1 fully saturated rings. The Kier molecular flexibility index (Phi) is 4.38. The van der Waals surface area contributed by atoms with Gasteiger partial charge in [0, 0.05) is 13.6 Å². The van der Waals surface area contributed by atoms with E-state index in [0.29, 0.717) is 5.92 Å². The van der Waals surface area contributed by atoms with Crippen LogP contribution < -0.4 is 4.90 Å². The summed E-state index contributed by atoms with van der Waals surface area (Å²) in [5.74, 6) is 1.12. The van der Waals surface area contributed by atoms with Crippen LogP contribution in [-0.4, -0.2) is 24.9 Å². The van der Waals surface area contributed by atoms with Crippen molar-refractivity contribution in [1.29, 1.82) is 0 Å². The first-order valence-corrected chi connectivity index (χ1v) is 7.60. The molecule has 0 bridgehead atoms. The normalized spacial score (nSPS) is 16.4. The van der Waals surface area contributed by atoms with E-state index in [0.717, 1.165) is 34.5 Å². The number of aldehydes is 1. The van der Waals surface area contributed by atoms with Crippen LogP contribution in [0.2, 0.25) is 0 Å². The topological polar surface area (TPSA) is 33.2 Å². The van der Waals surface area contributed by atoms with Crippen molar-refractivity contribution in [3.05, 3.63) is 10.6 Å². The molecule has 0 aromatic carbocycles. The van der Waals surface area contributed by atoms with Crippen LogP contribution in [0.15, 0.2) is 0 Å². The monoisotopic (exact) mass is 266 g/mol. The third-order valence-electron chi connectivity index (χ3n) is 3.66. The first-order valence-electron chi connectivity index (χ1n) is 6.79. The van der Waals surface area contributed by atoms with Gasteiger partial charge < -0.3 is 4.90 Å². The Balaban J connectivity index is 2.09. The summed E-state index contributed by atoms with van der Waals surface area (Å²) in [6, 6.07) is 0. The number of hydrogen-bond donors (Lipinski definition) is 0. The van der Waals surface area contributed by atoms with Crippen LogP contribution in [0.4, 0.5) is 5.13 Å². The van der Waals surface area contributed by atoms with Gasteiger partial charge in [-0.25, -0.2) is 4.98 Å². The van der Waals surface area contributed by atoms with Crippen LogP contribution in [0.5, 0.6) is 0 Å². The van der Waals surface area contributed by atoms with Gasteiger partial charge in [-0.2, -0.15) is 0 Å². The average Bonchev–Trinajstić information content (AvgIpc) is 2.96. The molecule has 0 spiro atoms. The maximum Gasteiger partial charge on any atom is 0.185 e. The third-order valence-corrected chi connectivity index (χ3v) is 4.77. The van der Waals surface area contributed by atoms with Gasteiger partial charge in [0.25, 0.3) is 0 Å². The molecule has 2 rings (SSSR count). The van der Waals surface area contributed by atoms with Gasteiger partial charge in [-0.05, 0) is 24.7 Å². The maximum atomic E-state index is 11.1. The van der Waals surface area contributed by atoms with Gasteiger partial charge in [0.1, 0.15) is 0 Å². The molecule has 1 aliphatic carbocycles. The number of nitrogens with zero attached hydrogens (tertiary/aromatic N) is 2. The van der Waals surface area contributed by atoms with Crippen molar-refractivity contribution in [2.24, 2.45) is 5.92 Å². The fourth-order valence-corrected chi connectivity index (χ4v) is 3.66. The molecule has 100 valence electrons. The molecule has 4 heteroatoms. The summed E-state index contributed by atoms with van der Waals surface area (Å²) >= 11 is 1.53. The van der Waals surface area contributed by atoms with Crippen molar-refractivity contribution in [3.8, 4) is 0 Å². The standard InChI is InChI=1S/C14H22N2OS/c1-10(2)13-12(9-17)18-14(15-13)16(3)8-11-6-4-5-7-11/h9-11H,4-8H2,1-3H3. The summed E-state index contributed by atoms with van der Waals surface area (Å²) in [7, 11) is 2.09. The van der Waals surface area contributed by atoms with E-state index in [9.17, 15) is 4.79 Å². The lowest BCUT2D eigenvalue weighted by Gasteiger charge is -2.19. The van der Waals surface area contributed by atoms with Crippen LogP contribution in [0.1, 0.15) is 60.8 Å². The van der Waals surface area contributed by atoms with E-state index in [1.807, 2.05) is 0 Å². The second-order valence-corrected chi connectivity index (χ2v) is 6.56. The maximum absolute atomic E-state index is 11.1. The molecule has 0 amide bonds. The molecule has 0 atom stereocenters. The van der Waals surface area contributed by atoms with Crippen LogP contribution in [0.25, 0.3) is 0 Å². The Hall–Kier alpha value is -0.900. The van der Waals surface area contributed by atoms with Gasteiger partial charge >= 0.3 is 0 Å². The lowest BCUT2D eigenvalue weighted by Crippen LogP contribution is -2.23. The average molecular weight is 266 g/mol. The van der Waals surface area contributed by atoms with Crippen molar-refractivity contribution < 1.29 is 4.79 Å². The molecule has 0 radical (unpaired) electrons. The highest BCUT2D eigenvalue weighted by Gasteiger charge is 2.20. The Bertz CT molecular complexity index is 408. The first-order chi connectivity index (χ1) is 8.61. The molecule has 1 aromatic heterocycles. The number of anilines is 1. The highest BCUT2D eigenvalue weighted by atomic mass is 32.1. The SMILES string of the molecule is CC(C)c1nc(N(C)CC2CCCC2)sc1C=O. The molecule has 1 heterocycles. The van der Waals surface area contributed by atoms with Crippen molar-refractivity contribution in [2.75, 3.05) is 18.5 Å². The van der Waals surface area contributed by atoms with Gasteiger partial charge in [-0.1, -0.05) is 38.0 Å². The first kappa shape index (κ1) is 13.5. The zero-order valence-electron chi connectivity index (χ0n) is 11.5. The van der Waals surface area contributed by atoms with Crippen LogP contribution in [0, 0.1) is 5.92 Å². The lowest BCUT2D eigenvalue weighted by molar-refractivity contribution is 0.112. The summed E-state index contributed by atoms with van der Waals surface area (Å²) in [5.41, 5.74) is 0.947. The Morgan fingerprint density at radius 1 is 1.44 bits per heavy atom. The number of carbonyl (C=O) groups is 1. The molecule has 0 aliphatic heterocycles. The highest BCUT2D eigenvalue weighted by Crippen LogP contribution is 2.31. The van der Waals surface area contributed by atoms with Gasteiger partial charge in [0.2, 0.25) is 0 Å². The van der Waals surface area contributed by atoms with E-state index in [4.69, 9.17) is 0 Å². The molecule has 0 unspecified atom stereocenters. The summed E-state index contributed by atoms with van der Waals surface area (Å²) in [6.07, 6.45) is 6.36. The molecule has 1 aliphatic rings. The third kappa shape index (κ3) is 2.91. The zero-order valence-corrected chi connectivity index (χ0v) is 12.3. The van der Waals surface area contributed by atoms with E-state index in [1.54, 1.807) is 0 Å². The number of hydrogen-bond acceptors (Lipinski definition) is 4. The van der Waals surface area contributed by atoms with E-state index in [2.05, 4.69) is 30.8 Å². The van der Waals surface area contributed by atoms with Crippen molar-refractivity contribution in [2.45, 2.75) is 45.4 Å². The second kappa shape index (κ2) is 5.83. The number of thiazole rings is 1. The Labute approximate surface area is 113 Å². The Morgan fingerprint density at radius 2 is 2.11 bits per heavy atom. The van der Waals surface area contributed by atoms with Gasteiger partial charge in [-0.3, -0.25) is 4.79 Å². The Morgan fingerprint density at radius 3 is 2.61 bits per heavy atom. The van der Waals surface area contributed by atoms with E-state index in [1.165, 1.54) is 37.0 Å². The fourth-order valence-electron chi connectivity index (χ4n) is 2.65.